The van der Waals surface area contributed by atoms with Gasteiger partial charge in [-0.3, -0.25) is 4.79 Å². The fourth-order valence-electron chi connectivity index (χ4n) is 1.91. The maximum Gasteiger partial charge on any atom is 0.308 e. The molecule has 0 radical (unpaired) electrons. The lowest BCUT2D eigenvalue weighted by molar-refractivity contribution is -0.148. The molecule has 1 aromatic carbocycles. The van der Waals surface area contributed by atoms with Gasteiger partial charge in [-0.05, 0) is 63.4 Å². The molecule has 0 N–H and O–H groups in total. The van der Waals surface area contributed by atoms with E-state index < -0.39 is 0 Å². The minimum absolute atomic E-state index is 0.0966. The van der Waals surface area contributed by atoms with Crippen LogP contribution < -0.4 is 4.74 Å². The van der Waals surface area contributed by atoms with Crippen molar-refractivity contribution in [1.29, 1.82) is 0 Å². The topological polar surface area (TPSA) is 35.5 Å². The average Bonchev–Trinajstić information content (AvgIpc) is 2.29. The Labute approximate surface area is 122 Å². The average molecular weight is 278 g/mol. The molecule has 0 atom stereocenters. The van der Waals surface area contributed by atoms with Crippen LogP contribution in [0.5, 0.6) is 5.75 Å². The summed E-state index contributed by atoms with van der Waals surface area (Å²) in [5, 5.41) is 0. The summed E-state index contributed by atoms with van der Waals surface area (Å²) in [5.74, 6) is 0.646. The fourth-order valence-corrected chi connectivity index (χ4v) is 1.91. The first-order valence-electron chi connectivity index (χ1n) is 7.06. The molecule has 0 saturated heterocycles. The molecule has 3 heteroatoms. The molecule has 1 rings (SSSR count). The fraction of sp³-hybridized carbons (Fsp3) is 0.588. The zero-order chi connectivity index (χ0) is 15.5. The normalized spacial score (nSPS) is 11.6. The van der Waals surface area contributed by atoms with Crippen LogP contribution in [0.3, 0.4) is 0 Å². The van der Waals surface area contributed by atoms with Crippen LogP contribution in [-0.2, 0) is 16.1 Å². The van der Waals surface area contributed by atoms with Crippen molar-refractivity contribution >= 4 is 5.97 Å². The number of benzene rings is 1. The molecule has 0 amide bonds. The maximum absolute atomic E-state index is 11.5. The number of carbonyl (C=O) groups excluding carboxylic acids is 1. The van der Waals surface area contributed by atoms with Gasteiger partial charge in [0.15, 0.2) is 0 Å². The molecule has 0 spiro atoms. The number of rotatable bonds is 4. The predicted molar refractivity (Wildman–Crippen MR) is 80.9 cm³/mol. The Kier molecular flexibility index (Phi) is 5.21. The molecule has 0 fully saturated rings. The van der Waals surface area contributed by atoms with Crippen molar-refractivity contribution in [3.63, 3.8) is 0 Å². The molecule has 0 aromatic heterocycles. The van der Waals surface area contributed by atoms with E-state index in [-0.39, 0.29) is 17.5 Å². The van der Waals surface area contributed by atoms with Crippen LogP contribution in [0.4, 0.5) is 0 Å². The molecule has 0 bridgehead atoms. The van der Waals surface area contributed by atoms with Gasteiger partial charge in [0.05, 0.1) is 5.92 Å². The van der Waals surface area contributed by atoms with Gasteiger partial charge in [-0.15, -0.1) is 0 Å². The minimum atomic E-state index is -0.221. The van der Waals surface area contributed by atoms with E-state index >= 15 is 0 Å². The number of esters is 1. The SMILES string of the molecule is Cc1cc(COC(=O)C(C)C)cc(C)c1OC(C)(C)C. The van der Waals surface area contributed by atoms with Gasteiger partial charge < -0.3 is 9.47 Å². The van der Waals surface area contributed by atoms with Crippen molar-refractivity contribution in [1.82, 2.24) is 0 Å². The summed E-state index contributed by atoms with van der Waals surface area (Å²) in [5.41, 5.74) is 2.91. The molecule has 1 aromatic rings. The molecule has 20 heavy (non-hydrogen) atoms. The van der Waals surface area contributed by atoms with E-state index in [0.717, 1.165) is 22.4 Å². The summed E-state index contributed by atoms with van der Waals surface area (Å²) >= 11 is 0. The van der Waals surface area contributed by atoms with Crippen LogP contribution in [0.25, 0.3) is 0 Å². The van der Waals surface area contributed by atoms with Crippen LogP contribution in [0.2, 0.25) is 0 Å². The Balaban J connectivity index is 2.86. The van der Waals surface area contributed by atoms with E-state index in [1.807, 2.05) is 60.6 Å². The van der Waals surface area contributed by atoms with Gasteiger partial charge in [0.1, 0.15) is 18.0 Å². The monoisotopic (exact) mass is 278 g/mol. The second-order valence-corrected chi connectivity index (χ2v) is 6.54. The van der Waals surface area contributed by atoms with Crippen molar-refractivity contribution in [2.45, 2.75) is 60.7 Å². The summed E-state index contributed by atoms with van der Waals surface area (Å²) in [6.45, 7) is 14.1. The van der Waals surface area contributed by atoms with E-state index in [2.05, 4.69) is 0 Å². The number of carbonyl (C=O) groups is 1. The van der Waals surface area contributed by atoms with E-state index in [0.29, 0.717) is 6.61 Å². The Morgan fingerprint density at radius 3 is 2.05 bits per heavy atom. The quantitative estimate of drug-likeness (QED) is 0.775. The Bertz CT molecular complexity index is 458. The third kappa shape index (κ3) is 4.87. The molecule has 0 heterocycles. The largest absolute Gasteiger partial charge is 0.488 e. The standard InChI is InChI=1S/C17H26O3/c1-11(2)16(18)19-10-14-8-12(3)15(13(4)9-14)20-17(5,6)7/h8-9,11H,10H2,1-7H3. The summed E-state index contributed by atoms with van der Waals surface area (Å²) < 4.78 is 11.2. The summed E-state index contributed by atoms with van der Waals surface area (Å²) in [7, 11) is 0. The Morgan fingerprint density at radius 1 is 1.15 bits per heavy atom. The second kappa shape index (κ2) is 6.29. The van der Waals surface area contributed by atoms with Crippen LogP contribution in [-0.4, -0.2) is 11.6 Å². The van der Waals surface area contributed by atoms with E-state index in [9.17, 15) is 4.79 Å². The molecule has 0 saturated carbocycles. The Morgan fingerprint density at radius 2 is 1.65 bits per heavy atom. The first-order valence-corrected chi connectivity index (χ1v) is 7.06. The minimum Gasteiger partial charge on any atom is -0.488 e. The van der Waals surface area contributed by atoms with Crippen molar-refractivity contribution in [2.24, 2.45) is 5.92 Å². The highest BCUT2D eigenvalue weighted by Crippen LogP contribution is 2.28. The molecular formula is C17H26O3. The number of ether oxygens (including phenoxy) is 2. The van der Waals surface area contributed by atoms with Crippen molar-refractivity contribution in [3.8, 4) is 5.75 Å². The summed E-state index contributed by atoms with van der Waals surface area (Å²) in [6.07, 6.45) is 0. The van der Waals surface area contributed by atoms with Gasteiger partial charge in [0, 0.05) is 0 Å². The first kappa shape index (κ1) is 16.5. The molecule has 0 aliphatic carbocycles. The zero-order valence-corrected chi connectivity index (χ0v) is 13.7. The highest BCUT2D eigenvalue weighted by Gasteiger charge is 2.16. The highest BCUT2D eigenvalue weighted by atomic mass is 16.5. The number of hydrogen-bond donors (Lipinski definition) is 0. The zero-order valence-electron chi connectivity index (χ0n) is 13.7. The van der Waals surface area contributed by atoms with E-state index in [4.69, 9.17) is 9.47 Å². The van der Waals surface area contributed by atoms with Crippen molar-refractivity contribution < 1.29 is 14.3 Å². The number of aryl methyl sites for hydroxylation is 2. The summed E-state index contributed by atoms with van der Waals surface area (Å²) in [4.78, 5) is 11.5. The number of hydrogen-bond acceptors (Lipinski definition) is 3. The maximum atomic E-state index is 11.5. The van der Waals surface area contributed by atoms with Gasteiger partial charge in [0.2, 0.25) is 0 Å². The molecule has 3 nitrogen and oxygen atoms in total. The third-order valence-electron chi connectivity index (χ3n) is 2.78. The molecular weight excluding hydrogens is 252 g/mol. The lowest BCUT2D eigenvalue weighted by Gasteiger charge is -2.24. The smallest absolute Gasteiger partial charge is 0.308 e. The Hall–Kier alpha value is -1.51. The predicted octanol–water partition coefficient (Wildman–Crippen LogP) is 4.18. The van der Waals surface area contributed by atoms with E-state index in [1.165, 1.54) is 0 Å². The van der Waals surface area contributed by atoms with Crippen LogP contribution >= 0.6 is 0 Å². The van der Waals surface area contributed by atoms with Crippen LogP contribution in [0, 0.1) is 19.8 Å². The van der Waals surface area contributed by atoms with E-state index in [1.54, 1.807) is 0 Å². The van der Waals surface area contributed by atoms with Gasteiger partial charge in [-0.2, -0.15) is 0 Å². The summed E-state index contributed by atoms with van der Waals surface area (Å²) in [6, 6.07) is 4.03. The van der Waals surface area contributed by atoms with Gasteiger partial charge in [-0.1, -0.05) is 13.8 Å². The second-order valence-electron chi connectivity index (χ2n) is 6.54. The molecule has 112 valence electrons. The third-order valence-corrected chi connectivity index (χ3v) is 2.78. The van der Waals surface area contributed by atoms with Gasteiger partial charge >= 0.3 is 5.97 Å². The first-order chi connectivity index (χ1) is 9.10. The van der Waals surface area contributed by atoms with Crippen molar-refractivity contribution in [3.05, 3.63) is 28.8 Å². The molecule has 0 unspecified atom stereocenters. The lowest BCUT2D eigenvalue weighted by atomic mass is 10.0. The van der Waals surface area contributed by atoms with Crippen LogP contribution in [0.15, 0.2) is 12.1 Å². The molecule has 0 aliphatic rings. The van der Waals surface area contributed by atoms with Crippen LogP contribution in [0.1, 0.15) is 51.3 Å². The van der Waals surface area contributed by atoms with Crippen molar-refractivity contribution in [2.75, 3.05) is 0 Å². The molecule has 0 aliphatic heterocycles. The van der Waals surface area contributed by atoms with Gasteiger partial charge in [-0.25, -0.2) is 0 Å². The van der Waals surface area contributed by atoms with Gasteiger partial charge in [0.25, 0.3) is 0 Å². The lowest BCUT2D eigenvalue weighted by Crippen LogP contribution is -2.24. The highest BCUT2D eigenvalue weighted by molar-refractivity contribution is 5.71.